The Morgan fingerprint density at radius 1 is 1.19 bits per heavy atom. The van der Waals surface area contributed by atoms with Crippen LogP contribution in [-0.4, -0.2) is 40.3 Å². The molecular weight excluding hydrogens is 366 g/mol. The number of nitrogens with zero attached hydrogens (tertiary/aromatic N) is 1. The number of nitrogens with one attached hydrogen (secondary N) is 2. The molecule has 26 heavy (non-hydrogen) atoms. The summed E-state index contributed by atoms with van der Waals surface area (Å²) in [7, 11) is -3.14. The Morgan fingerprint density at radius 3 is 2.50 bits per heavy atom. The van der Waals surface area contributed by atoms with E-state index in [0.29, 0.717) is 10.8 Å². The number of hydrogen-bond donors (Lipinski definition) is 2. The van der Waals surface area contributed by atoms with Gasteiger partial charge in [-0.25, -0.2) is 8.42 Å². The van der Waals surface area contributed by atoms with E-state index in [-0.39, 0.29) is 0 Å². The van der Waals surface area contributed by atoms with Gasteiger partial charge in [-0.15, -0.1) is 0 Å². The van der Waals surface area contributed by atoms with E-state index in [2.05, 4.69) is 39.4 Å². The third-order valence-corrected chi connectivity index (χ3v) is 5.87. The third-order valence-electron chi connectivity index (χ3n) is 4.04. The van der Waals surface area contributed by atoms with Gasteiger partial charge in [0.2, 0.25) is 0 Å². The summed E-state index contributed by atoms with van der Waals surface area (Å²) in [6.07, 6.45) is 2.02. The quantitative estimate of drug-likeness (QED) is 0.534. The minimum atomic E-state index is -3.14. The van der Waals surface area contributed by atoms with E-state index in [1.807, 2.05) is 19.1 Å². The number of rotatable bonds is 8. The topological polar surface area (TPSA) is 70.6 Å². The van der Waals surface area contributed by atoms with Gasteiger partial charge in [-0.1, -0.05) is 19.1 Å². The summed E-state index contributed by atoms with van der Waals surface area (Å²) >= 11 is 1.71. The molecule has 0 spiro atoms. The fourth-order valence-electron chi connectivity index (χ4n) is 2.46. The van der Waals surface area contributed by atoms with Gasteiger partial charge in [0, 0.05) is 31.8 Å². The second kappa shape index (κ2) is 9.73. The molecule has 1 heterocycles. The first kappa shape index (κ1) is 20.5. The zero-order chi connectivity index (χ0) is 19.0. The molecule has 1 aromatic heterocycles. The van der Waals surface area contributed by atoms with Crippen LogP contribution >= 0.6 is 11.3 Å². The van der Waals surface area contributed by atoms with Gasteiger partial charge in [-0.3, -0.25) is 4.99 Å². The molecule has 5 nitrogen and oxygen atoms in total. The summed E-state index contributed by atoms with van der Waals surface area (Å²) in [5.41, 5.74) is 2.41. The van der Waals surface area contributed by atoms with E-state index in [9.17, 15) is 8.42 Å². The SMILES string of the molecule is CCNC(=NCC(C)c1ccsc1)NCCc1ccc(S(C)(=O)=O)cc1. The molecule has 0 bridgehead atoms. The summed E-state index contributed by atoms with van der Waals surface area (Å²) in [4.78, 5) is 5.02. The molecule has 7 heteroatoms. The molecule has 0 radical (unpaired) electrons. The average molecular weight is 394 g/mol. The Balaban J connectivity index is 1.86. The number of aliphatic imine (C=N–C) groups is 1. The first-order chi connectivity index (χ1) is 12.4. The molecule has 1 unspecified atom stereocenters. The molecule has 0 saturated heterocycles. The lowest BCUT2D eigenvalue weighted by atomic mass is 10.1. The van der Waals surface area contributed by atoms with Crippen LogP contribution < -0.4 is 10.6 Å². The Morgan fingerprint density at radius 2 is 1.92 bits per heavy atom. The zero-order valence-corrected chi connectivity index (χ0v) is 17.2. The Hall–Kier alpha value is -1.86. The summed E-state index contributed by atoms with van der Waals surface area (Å²) < 4.78 is 23.0. The van der Waals surface area contributed by atoms with Crippen LogP contribution in [0.15, 0.2) is 51.0 Å². The van der Waals surface area contributed by atoms with E-state index in [1.165, 1.54) is 11.8 Å². The predicted octanol–water partition coefficient (Wildman–Crippen LogP) is 3.05. The molecule has 2 aromatic rings. The van der Waals surface area contributed by atoms with Crippen molar-refractivity contribution in [1.29, 1.82) is 0 Å². The van der Waals surface area contributed by atoms with Crippen molar-refractivity contribution in [2.45, 2.75) is 31.1 Å². The van der Waals surface area contributed by atoms with Crippen molar-refractivity contribution in [3.8, 4) is 0 Å². The molecule has 1 aromatic carbocycles. The van der Waals surface area contributed by atoms with Crippen LogP contribution in [0, 0.1) is 0 Å². The van der Waals surface area contributed by atoms with Crippen LogP contribution in [0.4, 0.5) is 0 Å². The van der Waals surface area contributed by atoms with Crippen LogP contribution in [0.5, 0.6) is 0 Å². The van der Waals surface area contributed by atoms with E-state index in [0.717, 1.165) is 37.6 Å². The maximum atomic E-state index is 11.5. The molecule has 0 aliphatic heterocycles. The summed E-state index contributed by atoms with van der Waals surface area (Å²) in [6, 6.07) is 9.19. The van der Waals surface area contributed by atoms with Crippen molar-refractivity contribution in [2.24, 2.45) is 4.99 Å². The highest BCUT2D eigenvalue weighted by Gasteiger charge is 2.07. The van der Waals surface area contributed by atoms with Crippen LogP contribution in [0.3, 0.4) is 0 Å². The lowest BCUT2D eigenvalue weighted by Gasteiger charge is -2.13. The van der Waals surface area contributed by atoms with Crippen molar-refractivity contribution >= 4 is 27.1 Å². The molecule has 0 fully saturated rings. The fraction of sp³-hybridized carbons (Fsp3) is 0.421. The number of benzene rings is 1. The molecule has 142 valence electrons. The molecule has 2 rings (SSSR count). The van der Waals surface area contributed by atoms with Crippen molar-refractivity contribution in [1.82, 2.24) is 10.6 Å². The van der Waals surface area contributed by atoms with Gasteiger partial charge in [-0.05, 0) is 53.4 Å². The lowest BCUT2D eigenvalue weighted by molar-refractivity contribution is 0.602. The van der Waals surface area contributed by atoms with Crippen LogP contribution in [0.2, 0.25) is 0 Å². The monoisotopic (exact) mass is 393 g/mol. The number of hydrogen-bond acceptors (Lipinski definition) is 4. The Bertz CT molecular complexity index is 798. The van der Waals surface area contributed by atoms with Crippen LogP contribution in [-0.2, 0) is 16.3 Å². The average Bonchev–Trinajstić information content (AvgIpc) is 3.14. The molecule has 0 aliphatic rings. The maximum absolute atomic E-state index is 11.5. The van der Waals surface area contributed by atoms with E-state index in [4.69, 9.17) is 0 Å². The van der Waals surface area contributed by atoms with Gasteiger partial charge in [0.1, 0.15) is 0 Å². The third kappa shape index (κ3) is 6.46. The minimum Gasteiger partial charge on any atom is -0.357 e. The highest BCUT2D eigenvalue weighted by Crippen LogP contribution is 2.18. The summed E-state index contributed by atoms with van der Waals surface area (Å²) in [5, 5.41) is 10.9. The minimum absolute atomic E-state index is 0.353. The molecular formula is C19H27N3O2S2. The van der Waals surface area contributed by atoms with Gasteiger partial charge in [0.05, 0.1) is 4.90 Å². The van der Waals surface area contributed by atoms with Crippen LogP contribution in [0.1, 0.15) is 30.9 Å². The molecule has 2 N–H and O–H groups in total. The highest BCUT2D eigenvalue weighted by molar-refractivity contribution is 7.90. The second-order valence-corrected chi connectivity index (χ2v) is 9.07. The van der Waals surface area contributed by atoms with Gasteiger partial charge >= 0.3 is 0 Å². The number of thiophene rings is 1. The second-order valence-electron chi connectivity index (χ2n) is 6.27. The van der Waals surface area contributed by atoms with E-state index >= 15 is 0 Å². The molecule has 1 atom stereocenters. The predicted molar refractivity (Wildman–Crippen MR) is 110 cm³/mol. The van der Waals surface area contributed by atoms with Crippen molar-refractivity contribution in [3.05, 3.63) is 52.2 Å². The highest BCUT2D eigenvalue weighted by atomic mass is 32.2. The van der Waals surface area contributed by atoms with Crippen molar-refractivity contribution in [3.63, 3.8) is 0 Å². The normalized spacial score (nSPS) is 13.4. The molecule has 0 amide bonds. The Kier molecular flexibility index (Phi) is 7.66. The number of guanidine groups is 1. The maximum Gasteiger partial charge on any atom is 0.191 e. The lowest BCUT2D eigenvalue weighted by Crippen LogP contribution is -2.38. The largest absolute Gasteiger partial charge is 0.357 e. The summed E-state index contributed by atoms with van der Waals surface area (Å²) in [5.74, 6) is 1.20. The van der Waals surface area contributed by atoms with Crippen LogP contribution in [0.25, 0.3) is 0 Å². The molecule has 0 saturated carbocycles. The number of sulfone groups is 1. The molecule has 0 aliphatic carbocycles. The standard InChI is InChI=1S/C19H27N3O2S2/c1-4-20-19(22-13-15(2)17-10-12-25-14-17)21-11-9-16-5-7-18(8-6-16)26(3,23)24/h5-8,10,12,14-15H,4,9,11,13H2,1-3H3,(H2,20,21,22). The first-order valence-corrected chi connectivity index (χ1v) is 11.6. The van der Waals surface area contributed by atoms with Gasteiger partial charge in [-0.2, -0.15) is 11.3 Å². The van der Waals surface area contributed by atoms with Crippen molar-refractivity contribution in [2.75, 3.05) is 25.9 Å². The van der Waals surface area contributed by atoms with Crippen molar-refractivity contribution < 1.29 is 8.42 Å². The van der Waals surface area contributed by atoms with E-state index in [1.54, 1.807) is 23.5 Å². The van der Waals surface area contributed by atoms with Gasteiger partial charge in [0.15, 0.2) is 15.8 Å². The fourth-order valence-corrected chi connectivity index (χ4v) is 3.87. The Labute approximate surface area is 160 Å². The first-order valence-electron chi connectivity index (χ1n) is 8.73. The zero-order valence-electron chi connectivity index (χ0n) is 15.5. The van der Waals surface area contributed by atoms with E-state index < -0.39 is 9.84 Å². The smallest absolute Gasteiger partial charge is 0.191 e. The van der Waals surface area contributed by atoms with Gasteiger partial charge < -0.3 is 10.6 Å². The summed E-state index contributed by atoms with van der Waals surface area (Å²) in [6.45, 7) is 6.50. The van der Waals surface area contributed by atoms with Gasteiger partial charge in [0.25, 0.3) is 0 Å².